The normalized spacial score (nSPS) is 25.9. The van der Waals surface area contributed by atoms with Gasteiger partial charge in [0.05, 0.1) is 23.0 Å². The molecule has 4 aliphatic rings. The minimum atomic E-state index is -3.89. The van der Waals surface area contributed by atoms with Crippen molar-refractivity contribution in [3.8, 4) is 17.0 Å². The Morgan fingerprint density at radius 3 is 2.62 bits per heavy atom. The van der Waals surface area contributed by atoms with Gasteiger partial charge >= 0.3 is 6.03 Å². The second-order valence-corrected chi connectivity index (χ2v) is 17.3. The zero-order chi connectivity index (χ0) is 38.7. The van der Waals surface area contributed by atoms with Crippen molar-refractivity contribution >= 4 is 44.7 Å². The number of nitrogens with zero attached hydrogens (tertiary/aromatic N) is 2. The van der Waals surface area contributed by atoms with Crippen LogP contribution in [0.4, 0.5) is 4.79 Å². The Labute approximate surface area is 322 Å². The predicted molar refractivity (Wildman–Crippen MR) is 208 cm³/mol. The topological polar surface area (TPSA) is 176 Å². The molecule has 292 valence electrons. The van der Waals surface area contributed by atoms with Crippen LogP contribution in [0.2, 0.25) is 0 Å². The monoisotopic (exact) mass is 770 g/mol. The van der Waals surface area contributed by atoms with Gasteiger partial charge in [-0.3, -0.25) is 19.1 Å². The summed E-state index contributed by atoms with van der Waals surface area (Å²) < 4.78 is 34.5. The van der Waals surface area contributed by atoms with E-state index in [0.29, 0.717) is 43.7 Å². The van der Waals surface area contributed by atoms with Gasteiger partial charge in [0.15, 0.2) is 0 Å². The number of ether oxygens (including phenoxy) is 1. The van der Waals surface area contributed by atoms with E-state index in [0.717, 1.165) is 54.1 Å². The van der Waals surface area contributed by atoms with Crippen LogP contribution in [-0.2, 0) is 30.8 Å². The summed E-state index contributed by atoms with van der Waals surface area (Å²) in [5, 5.41) is 8.79. The second kappa shape index (κ2) is 16.0. The highest BCUT2D eigenvalue weighted by Gasteiger charge is 2.62. The van der Waals surface area contributed by atoms with Crippen molar-refractivity contribution in [1.29, 1.82) is 0 Å². The summed E-state index contributed by atoms with van der Waals surface area (Å²) in [5.74, 6) is -1.79. The van der Waals surface area contributed by atoms with E-state index in [4.69, 9.17) is 9.72 Å². The van der Waals surface area contributed by atoms with E-state index in [1.54, 1.807) is 0 Å². The van der Waals surface area contributed by atoms with Crippen LogP contribution in [0.3, 0.4) is 0 Å². The van der Waals surface area contributed by atoms with Crippen LogP contribution in [0.15, 0.2) is 67.3 Å². The molecule has 55 heavy (non-hydrogen) atoms. The average molecular weight is 771 g/mol. The molecule has 2 aromatic carbocycles. The minimum absolute atomic E-state index is 0.0349. The van der Waals surface area contributed by atoms with Gasteiger partial charge in [0, 0.05) is 35.9 Å². The van der Waals surface area contributed by atoms with Crippen molar-refractivity contribution < 1.29 is 32.3 Å². The van der Waals surface area contributed by atoms with Gasteiger partial charge in [-0.15, -0.1) is 6.58 Å². The number of fused-ring (bicyclic) bond motifs is 3. The maximum atomic E-state index is 14.5. The first-order chi connectivity index (χ1) is 26.5. The molecule has 1 aromatic heterocycles. The first kappa shape index (κ1) is 38.3. The van der Waals surface area contributed by atoms with Gasteiger partial charge in [-0.25, -0.2) is 18.2 Å². The molecular formula is C41H50N6O7S. The lowest BCUT2D eigenvalue weighted by Gasteiger charge is -2.30. The van der Waals surface area contributed by atoms with Crippen molar-refractivity contribution in [3.63, 3.8) is 0 Å². The number of nitrogens with one attached hydrogen (secondary N) is 4. The van der Waals surface area contributed by atoms with Crippen LogP contribution in [0.25, 0.3) is 22.2 Å². The Balaban J connectivity index is 1.24. The Morgan fingerprint density at radius 1 is 1.09 bits per heavy atom. The lowest BCUT2D eigenvalue weighted by Crippen LogP contribution is -2.58. The summed E-state index contributed by atoms with van der Waals surface area (Å²) in [6.45, 7) is 6.28. The predicted octanol–water partition coefficient (Wildman–Crippen LogP) is 4.50. The molecule has 0 spiro atoms. The summed E-state index contributed by atoms with van der Waals surface area (Å²) in [6, 6.07) is 15.4. The number of pyridine rings is 1. The molecular weight excluding hydrogens is 721 g/mol. The van der Waals surface area contributed by atoms with E-state index >= 15 is 0 Å². The molecule has 1 saturated heterocycles. The van der Waals surface area contributed by atoms with E-state index < -0.39 is 68.7 Å². The molecule has 7 rings (SSSR count). The second-order valence-electron chi connectivity index (χ2n) is 15.3. The average Bonchev–Trinajstić information content (AvgIpc) is 4.11. The largest absolute Gasteiger partial charge is 0.488 e. The smallest absolute Gasteiger partial charge is 0.315 e. The van der Waals surface area contributed by atoms with Gasteiger partial charge in [-0.2, -0.15) is 0 Å². The van der Waals surface area contributed by atoms with Crippen molar-refractivity contribution in [1.82, 2.24) is 30.6 Å². The molecule has 5 amide bonds. The van der Waals surface area contributed by atoms with Crippen LogP contribution in [-0.4, -0.2) is 84.1 Å². The molecule has 4 N–H and O–H groups in total. The number of aryl methyl sites for hydroxylation is 1. The standard InChI is InChI=1S/C41H50N6O7S/c1-3-5-15-33-38(49)47-25-29(22-35(47)37(48)45-41(24-28(41)4-2)39(50)46-55(52,53)30-17-18-30)54-36-23-34(27-13-9-6-10-14-27)43-32-19-16-26(21-31(32)36)12-8-7-11-20-42-40(51)44-33/h4,6,9-10,13-14,16,19,21,23,28-30,33,35H,2-3,5,7-8,11-12,15,17-18,20,22,24-25H2,1H3,(H,45,48)(H,46,50)(H2,42,44,51)/t28-,29+,33+,35+,41-/m1/s1. The lowest BCUT2D eigenvalue weighted by atomic mass is 10.0. The number of amides is 5. The molecule has 0 radical (unpaired) electrons. The summed E-state index contributed by atoms with van der Waals surface area (Å²) in [5.41, 5.74) is 1.96. The number of hydrogen-bond donors (Lipinski definition) is 4. The number of urea groups is 1. The van der Waals surface area contributed by atoms with Gasteiger partial charge in [-0.05, 0) is 62.6 Å². The molecule has 3 aromatic rings. The molecule has 2 aliphatic heterocycles. The Hall–Kier alpha value is -4.98. The number of rotatable bonds is 10. The van der Waals surface area contributed by atoms with Crippen LogP contribution in [0.5, 0.6) is 5.75 Å². The first-order valence-electron chi connectivity index (χ1n) is 19.5. The van der Waals surface area contributed by atoms with E-state index in [2.05, 4.69) is 39.4 Å². The van der Waals surface area contributed by atoms with Crippen LogP contribution in [0.1, 0.15) is 76.7 Å². The Morgan fingerprint density at radius 2 is 1.89 bits per heavy atom. The number of benzene rings is 2. The van der Waals surface area contributed by atoms with Crippen molar-refractivity contribution in [2.45, 2.75) is 107 Å². The first-order valence-corrected chi connectivity index (χ1v) is 21.1. The molecule has 0 unspecified atom stereocenters. The van der Waals surface area contributed by atoms with E-state index in [1.807, 2.05) is 49.4 Å². The molecule has 2 saturated carbocycles. The maximum absolute atomic E-state index is 14.5. The number of unbranched alkanes of at least 4 members (excludes halogenated alkanes) is 1. The van der Waals surface area contributed by atoms with Gasteiger partial charge in [-0.1, -0.05) is 68.7 Å². The molecule has 5 atom stereocenters. The maximum Gasteiger partial charge on any atom is 0.315 e. The number of carbonyl (C=O) groups is 4. The molecule has 3 fully saturated rings. The molecule has 4 bridgehead atoms. The number of sulfonamides is 1. The van der Waals surface area contributed by atoms with Gasteiger partial charge in [0.1, 0.15) is 29.5 Å². The molecule has 13 nitrogen and oxygen atoms in total. The van der Waals surface area contributed by atoms with Gasteiger partial charge in [0.25, 0.3) is 5.91 Å². The van der Waals surface area contributed by atoms with E-state index in [9.17, 15) is 27.6 Å². The third-order valence-electron chi connectivity index (χ3n) is 11.2. The lowest BCUT2D eigenvalue weighted by molar-refractivity contribution is -0.141. The fourth-order valence-corrected chi connectivity index (χ4v) is 9.10. The summed E-state index contributed by atoms with van der Waals surface area (Å²) in [6.07, 6.45) is 7.31. The number of carbonyl (C=O) groups excluding carboxylic acids is 4. The quantitative estimate of drug-likeness (QED) is 0.218. The van der Waals surface area contributed by atoms with Gasteiger partial charge < -0.3 is 25.6 Å². The minimum Gasteiger partial charge on any atom is -0.488 e. The highest BCUT2D eigenvalue weighted by atomic mass is 32.2. The van der Waals surface area contributed by atoms with Crippen molar-refractivity contribution in [3.05, 3.63) is 72.8 Å². The Bertz CT molecular complexity index is 2070. The molecule has 2 aliphatic carbocycles. The third kappa shape index (κ3) is 8.48. The summed E-state index contributed by atoms with van der Waals surface area (Å²) >= 11 is 0. The van der Waals surface area contributed by atoms with Crippen molar-refractivity contribution in [2.75, 3.05) is 13.1 Å². The molecule has 3 heterocycles. The number of hydrogen-bond acceptors (Lipinski definition) is 8. The highest BCUT2D eigenvalue weighted by molar-refractivity contribution is 7.91. The summed E-state index contributed by atoms with van der Waals surface area (Å²) in [7, 11) is -3.89. The summed E-state index contributed by atoms with van der Waals surface area (Å²) in [4.78, 5) is 62.0. The fourth-order valence-electron chi connectivity index (χ4n) is 7.73. The SMILES string of the molecule is C=C[C@@H]1C[C@]1(NC(=O)[C@@H]1C[C@H]2CN1C(=O)[C@H](CCCC)NC(=O)NCCCCCc1ccc3nc(-c4ccccc4)cc(c3c1)O2)C(=O)NS(=O)(=O)C1CC1. The number of aromatic nitrogens is 1. The fraction of sp³-hybridized carbons (Fsp3) is 0.488. The zero-order valence-electron chi connectivity index (χ0n) is 31.2. The molecule has 14 heteroatoms. The van der Waals surface area contributed by atoms with E-state index in [-0.39, 0.29) is 19.4 Å². The zero-order valence-corrected chi connectivity index (χ0v) is 32.0. The van der Waals surface area contributed by atoms with E-state index in [1.165, 1.54) is 11.0 Å². The van der Waals surface area contributed by atoms with Crippen LogP contribution in [0, 0.1) is 5.92 Å². The van der Waals surface area contributed by atoms with Crippen LogP contribution < -0.4 is 25.4 Å². The van der Waals surface area contributed by atoms with Gasteiger partial charge in [0.2, 0.25) is 21.8 Å². The van der Waals surface area contributed by atoms with Crippen molar-refractivity contribution in [2.24, 2.45) is 5.92 Å². The highest BCUT2D eigenvalue weighted by Crippen LogP contribution is 2.45. The Kier molecular flexibility index (Phi) is 11.2. The third-order valence-corrected chi connectivity index (χ3v) is 13.0. The van der Waals surface area contributed by atoms with Crippen LogP contribution >= 0.6 is 0 Å².